The zero-order chi connectivity index (χ0) is 20.1. The molecule has 0 radical (unpaired) electrons. The summed E-state index contributed by atoms with van der Waals surface area (Å²) in [4.78, 5) is 18.8. The molecule has 1 atom stereocenters. The number of halogens is 1. The zero-order valence-electron chi connectivity index (χ0n) is 16.7. The molecule has 1 unspecified atom stereocenters. The fourth-order valence-corrected chi connectivity index (χ4v) is 3.84. The van der Waals surface area contributed by atoms with Gasteiger partial charge in [-0.1, -0.05) is 0 Å². The van der Waals surface area contributed by atoms with E-state index in [1.165, 1.54) is 13.2 Å². The summed E-state index contributed by atoms with van der Waals surface area (Å²) in [6, 6.07) is 6.91. The monoisotopic (exact) mass is 387 g/mol. The molecular formula is C21H26FN3O3. The van der Waals surface area contributed by atoms with Gasteiger partial charge >= 0.3 is 6.09 Å². The standard InChI is InChI=1S/C21H26FN3O3/c1-20(2,3)28-19(26)25-11-17(21(12-25)7-8-21)24-18-6-5-13-9-16(27-4)14(22)10-15(13)23-18/h5-6,9-10,17H,7-8,11-12H2,1-4H3,(H,23,24). The van der Waals surface area contributed by atoms with E-state index in [0.717, 1.165) is 18.2 Å². The van der Waals surface area contributed by atoms with Gasteiger partial charge in [0.1, 0.15) is 11.4 Å². The molecule has 2 aliphatic rings. The van der Waals surface area contributed by atoms with Crippen molar-refractivity contribution in [3.63, 3.8) is 0 Å². The van der Waals surface area contributed by atoms with Crippen molar-refractivity contribution < 1.29 is 18.7 Å². The summed E-state index contributed by atoms with van der Waals surface area (Å²) in [7, 11) is 1.44. The van der Waals surface area contributed by atoms with Crippen molar-refractivity contribution in [3.05, 3.63) is 30.1 Å². The second kappa shape index (κ2) is 6.50. The van der Waals surface area contributed by atoms with Crippen molar-refractivity contribution in [2.24, 2.45) is 5.41 Å². The molecule has 150 valence electrons. The molecule has 1 spiro atoms. The Bertz CT molecular complexity index is 921. The number of benzene rings is 1. The third-order valence-electron chi connectivity index (χ3n) is 5.48. The maximum absolute atomic E-state index is 14.0. The molecule has 1 N–H and O–H groups in total. The van der Waals surface area contributed by atoms with E-state index >= 15 is 0 Å². The highest BCUT2D eigenvalue weighted by molar-refractivity contribution is 5.82. The van der Waals surface area contributed by atoms with Crippen LogP contribution in [0.25, 0.3) is 10.9 Å². The molecule has 7 heteroatoms. The van der Waals surface area contributed by atoms with Gasteiger partial charge in [-0.3, -0.25) is 0 Å². The predicted octanol–water partition coefficient (Wildman–Crippen LogP) is 4.19. The van der Waals surface area contributed by atoms with E-state index in [0.29, 0.717) is 24.4 Å². The average Bonchev–Trinajstić information content (AvgIpc) is 3.29. The molecule has 1 saturated carbocycles. The number of aromatic nitrogens is 1. The van der Waals surface area contributed by atoms with Crippen LogP contribution in [0.1, 0.15) is 33.6 Å². The third-order valence-corrected chi connectivity index (χ3v) is 5.48. The largest absolute Gasteiger partial charge is 0.494 e. The fourth-order valence-electron chi connectivity index (χ4n) is 3.84. The Morgan fingerprint density at radius 3 is 2.71 bits per heavy atom. The molecule has 1 aliphatic carbocycles. The molecule has 1 saturated heterocycles. The van der Waals surface area contributed by atoms with Crippen LogP contribution in [0.3, 0.4) is 0 Å². The Labute approximate surface area is 164 Å². The summed E-state index contributed by atoms with van der Waals surface area (Å²) in [6.07, 6.45) is 1.87. The van der Waals surface area contributed by atoms with Crippen molar-refractivity contribution in [2.75, 3.05) is 25.5 Å². The van der Waals surface area contributed by atoms with Gasteiger partial charge in [0.25, 0.3) is 0 Å². The summed E-state index contributed by atoms with van der Waals surface area (Å²) in [5.41, 5.74) is 0.137. The highest BCUT2D eigenvalue weighted by Crippen LogP contribution is 2.53. The van der Waals surface area contributed by atoms with Crippen LogP contribution in [-0.4, -0.2) is 47.8 Å². The SMILES string of the molecule is COc1cc2ccc(NC3CN(C(=O)OC(C)(C)C)CC34CC4)nc2cc1F. The van der Waals surface area contributed by atoms with Crippen molar-refractivity contribution in [3.8, 4) is 5.75 Å². The van der Waals surface area contributed by atoms with Gasteiger partial charge in [0.05, 0.1) is 18.7 Å². The lowest BCUT2D eigenvalue weighted by molar-refractivity contribution is 0.0285. The highest BCUT2D eigenvalue weighted by Gasteiger charge is 2.56. The first kappa shape index (κ1) is 18.8. The highest BCUT2D eigenvalue weighted by atomic mass is 19.1. The number of carbonyl (C=O) groups excluding carboxylic acids is 1. The van der Waals surface area contributed by atoms with Crippen molar-refractivity contribution in [1.29, 1.82) is 0 Å². The molecule has 6 nitrogen and oxygen atoms in total. The molecule has 0 bridgehead atoms. The Hall–Kier alpha value is -2.57. The quantitative estimate of drug-likeness (QED) is 0.855. The van der Waals surface area contributed by atoms with Crippen LogP contribution in [0.5, 0.6) is 5.75 Å². The van der Waals surface area contributed by atoms with E-state index in [1.807, 2.05) is 32.9 Å². The average molecular weight is 387 g/mol. The van der Waals surface area contributed by atoms with Gasteiger partial charge in [0.2, 0.25) is 0 Å². The summed E-state index contributed by atoms with van der Waals surface area (Å²) >= 11 is 0. The number of hydrogen-bond donors (Lipinski definition) is 1. The number of nitrogens with zero attached hydrogens (tertiary/aromatic N) is 2. The second-order valence-electron chi connectivity index (χ2n) is 8.80. The number of methoxy groups -OCH3 is 1. The van der Waals surface area contributed by atoms with Gasteiger partial charge in [0, 0.05) is 30.0 Å². The van der Waals surface area contributed by atoms with Crippen molar-refractivity contribution >= 4 is 22.8 Å². The number of ether oxygens (including phenoxy) is 2. The van der Waals surface area contributed by atoms with E-state index in [1.54, 1.807) is 11.0 Å². The number of pyridine rings is 1. The summed E-state index contributed by atoms with van der Waals surface area (Å²) in [5, 5.41) is 4.28. The minimum atomic E-state index is -0.510. The van der Waals surface area contributed by atoms with Gasteiger partial charge in [-0.2, -0.15) is 0 Å². The normalized spacial score (nSPS) is 20.5. The smallest absolute Gasteiger partial charge is 0.410 e. The van der Waals surface area contributed by atoms with E-state index in [9.17, 15) is 9.18 Å². The van der Waals surface area contributed by atoms with E-state index < -0.39 is 11.4 Å². The molecule has 1 aromatic carbocycles. The molecule has 28 heavy (non-hydrogen) atoms. The van der Waals surface area contributed by atoms with Gasteiger partial charge in [-0.15, -0.1) is 0 Å². The molecule has 4 rings (SSSR count). The van der Waals surface area contributed by atoms with Crippen molar-refractivity contribution in [1.82, 2.24) is 9.88 Å². The molecule has 2 heterocycles. The second-order valence-corrected chi connectivity index (χ2v) is 8.80. The Morgan fingerprint density at radius 1 is 1.32 bits per heavy atom. The summed E-state index contributed by atoms with van der Waals surface area (Å²) in [5.74, 6) is 0.449. The number of rotatable bonds is 3. The summed E-state index contributed by atoms with van der Waals surface area (Å²) in [6.45, 7) is 6.88. The van der Waals surface area contributed by atoms with E-state index in [2.05, 4.69) is 10.3 Å². The predicted molar refractivity (Wildman–Crippen MR) is 105 cm³/mol. The van der Waals surface area contributed by atoms with Crippen LogP contribution in [0.15, 0.2) is 24.3 Å². The molecule has 1 aliphatic heterocycles. The summed E-state index contributed by atoms with van der Waals surface area (Å²) < 4.78 is 24.6. The van der Waals surface area contributed by atoms with Gasteiger partial charge in [-0.25, -0.2) is 14.2 Å². The number of hydrogen-bond acceptors (Lipinski definition) is 5. The lowest BCUT2D eigenvalue weighted by Crippen LogP contribution is -2.36. The molecule has 2 fully saturated rings. The maximum atomic E-state index is 14.0. The number of anilines is 1. The van der Waals surface area contributed by atoms with Gasteiger partial charge in [-0.05, 0) is 51.8 Å². The van der Waals surface area contributed by atoms with E-state index in [-0.39, 0.29) is 23.3 Å². The molecule has 1 amide bonds. The first-order chi connectivity index (χ1) is 13.2. The Balaban J connectivity index is 1.51. The van der Waals surface area contributed by atoms with E-state index in [4.69, 9.17) is 9.47 Å². The Kier molecular flexibility index (Phi) is 4.36. The molecule has 1 aromatic heterocycles. The van der Waals surface area contributed by atoms with Gasteiger partial charge in [0.15, 0.2) is 11.6 Å². The minimum Gasteiger partial charge on any atom is -0.494 e. The van der Waals surface area contributed by atoms with Crippen molar-refractivity contribution in [2.45, 2.75) is 45.3 Å². The third kappa shape index (κ3) is 3.57. The number of likely N-dealkylation sites (tertiary alicyclic amines) is 1. The van der Waals surface area contributed by atoms with Crippen LogP contribution in [-0.2, 0) is 4.74 Å². The fraction of sp³-hybridized carbons (Fsp3) is 0.524. The Morgan fingerprint density at radius 2 is 2.07 bits per heavy atom. The first-order valence-corrected chi connectivity index (χ1v) is 9.58. The molecule has 2 aromatic rings. The number of carbonyl (C=O) groups is 1. The first-order valence-electron chi connectivity index (χ1n) is 9.58. The lowest BCUT2D eigenvalue weighted by atomic mass is 10.0. The minimum absolute atomic E-state index is 0.0820. The van der Waals surface area contributed by atoms with Crippen LogP contribution in [0.2, 0.25) is 0 Å². The lowest BCUT2D eigenvalue weighted by Gasteiger charge is -2.24. The van der Waals surface area contributed by atoms with Gasteiger partial charge < -0.3 is 19.7 Å². The van der Waals surface area contributed by atoms with Crippen LogP contribution < -0.4 is 10.1 Å². The zero-order valence-corrected chi connectivity index (χ0v) is 16.7. The molecular weight excluding hydrogens is 361 g/mol. The number of nitrogens with one attached hydrogen (secondary N) is 1. The topological polar surface area (TPSA) is 63.7 Å². The van der Waals surface area contributed by atoms with Crippen LogP contribution >= 0.6 is 0 Å². The number of amides is 1. The number of fused-ring (bicyclic) bond motifs is 1. The van der Waals surface area contributed by atoms with Crippen LogP contribution in [0, 0.1) is 11.2 Å². The van der Waals surface area contributed by atoms with Crippen LogP contribution in [0.4, 0.5) is 15.0 Å². The maximum Gasteiger partial charge on any atom is 0.410 e.